The summed E-state index contributed by atoms with van der Waals surface area (Å²) in [5.74, 6) is 0. The first kappa shape index (κ1) is 13.7. The molecule has 0 aromatic rings. The van der Waals surface area contributed by atoms with E-state index in [0.29, 0.717) is 0 Å². The summed E-state index contributed by atoms with van der Waals surface area (Å²) in [6.45, 7) is 12.0. The Balaban J connectivity index is 2.60. The Hall–Kier alpha value is -0.390. The van der Waals surface area contributed by atoms with Crippen molar-refractivity contribution in [3.05, 3.63) is 12.8 Å². The summed E-state index contributed by atoms with van der Waals surface area (Å²) in [7, 11) is 0. The fraction of sp³-hybridized carbons (Fsp3) is 0.818. The average Bonchev–Trinajstić information content (AvgIpc) is 1.96. The van der Waals surface area contributed by atoms with Crippen LogP contribution >= 0.6 is 0 Å². The Morgan fingerprint density at radius 3 is 2.31 bits per heavy atom. The van der Waals surface area contributed by atoms with Gasteiger partial charge in [-0.25, -0.2) is 4.72 Å². The van der Waals surface area contributed by atoms with Crippen LogP contribution in [0, 0.1) is 0 Å². The molecule has 0 aromatic carbocycles. The fourth-order valence-corrected chi connectivity index (χ4v) is 3.25. The number of piperidine rings is 1. The molecule has 1 aliphatic heterocycles. The van der Waals surface area contributed by atoms with E-state index in [9.17, 15) is 4.21 Å². The van der Waals surface area contributed by atoms with Gasteiger partial charge in [-0.05, 0) is 40.5 Å². The summed E-state index contributed by atoms with van der Waals surface area (Å²) in [6, 6.07) is 0.187. The maximum absolute atomic E-state index is 11.4. The van der Waals surface area contributed by atoms with E-state index in [2.05, 4.69) is 44.3 Å². The zero-order valence-electron chi connectivity index (χ0n) is 10.5. The summed E-state index contributed by atoms with van der Waals surface area (Å²) in [4.78, 5) is 0. The Labute approximate surface area is 101 Å². The number of hydrogen-bond donors (Lipinski definition) is 2. The van der Waals surface area contributed by atoms with Gasteiger partial charge in [0, 0.05) is 17.1 Å². The summed E-state index contributed by atoms with van der Waals surface area (Å²) in [6.07, 6.45) is 3.03. The van der Waals surface area contributed by atoms with Crippen LogP contribution < -0.4 is 10.0 Å². The largest absolute Gasteiger partial charge is 0.398 e. The molecule has 0 radical (unpaired) electrons. The van der Waals surface area contributed by atoms with Gasteiger partial charge in [0.25, 0.3) is 11.3 Å². The third-order valence-corrected chi connectivity index (χ3v) is 3.45. The maximum atomic E-state index is 11.4. The van der Waals surface area contributed by atoms with Gasteiger partial charge < -0.3 is 9.50 Å². The fourth-order valence-electron chi connectivity index (χ4n) is 2.63. The molecule has 5 heteroatoms. The van der Waals surface area contributed by atoms with Crippen LogP contribution in [0.5, 0.6) is 0 Å². The second-order valence-corrected chi connectivity index (χ2v) is 6.51. The van der Waals surface area contributed by atoms with Gasteiger partial charge in [0.2, 0.25) is 0 Å². The molecule has 1 unspecified atom stereocenters. The predicted octanol–water partition coefficient (Wildman–Crippen LogP) is 1.62. The molecule has 1 fully saturated rings. The van der Waals surface area contributed by atoms with E-state index in [0.717, 1.165) is 12.8 Å². The molecule has 0 bridgehead atoms. The van der Waals surface area contributed by atoms with Crippen molar-refractivity contribution in [1.29, 1.82) is 0 Å². The Kier molecular flexibility index (Phi) is 4.15. The molecular formula is C11H22N2O2S. The predicted molar refractivity (Wildman–Crippen MR) is 66.9 cm³/mol. The standard InChI is InChI=1S/C11H22N2O2S/c1-6-15-16(14)12-9-7-10(2,3)13-11(4,5)8-9/h6,9,12-13H,1,7-8H2,2-5H3. The van der Waals surface area contributed by atoms with Crippen LogP contribution in [-0.2, 0) is 15.4 Å². The Bertz CT molecular complexity index is 274. The molecule has 94 valence electrons. The molecule has 1 saturated heterocycles. The van der Waals surface area contributed by atoms with Crippen molar-refractivity contribution in [2.45, 2.75) is 57.7 Å². The van der Waals surface area contributed by atoms with Crippen LogP contribution in [0.3, 0.4) is 0 Å². The van der Waals surface area contributed by atoms with Gasteiger partial charge in [-0.15, -0.1) is 0 Å². The van der Waals surface area contributed by atoms with Crippen molar-refractivity contribution in [3.63, 3.8) is 0 Å². The molecule has 16 heavy (non-hydrogen) atoms. The first-order chi connectivity index (χ1) is 7.24. The SMILES string of the molecule is C=COS(=O)NC1CC(C)(C)NC(C)(C)C1. The maximum Gasteiger partial charge on any atom is 0.287 e. The second kappa shape index (κ2) is 4.85. The van der Waals surface area contributed by atoms with E-state index in [1.165, 1.54) is 6.26 Å². The van der Waals surface area contributed by atoms with E-state index in [1.807, 2.05) is 0 Å². The Morgan fingerprint density at radius 2 is 1.88 bits per heavy atom. The van der Waals surface area contributed by atoms with E-state index >= 15 is 0 Å². The van der Waals surface area contributed by atoms with Crippen molar-refractivity contribution in [3.8, 4) is 0 Å². The third kappa shape index (κ3) is 4.23. The lowest BCUT2D eigenvalue weighted by atomic mass is 9.80. The first-order valence-electron chi connectivity index (χ1n) is 5.49. The van der Waals surface area contributed by atoms with Gasteiger partial charge in [-0.1, -0.05) is 6.58 Å². The molecule has 2 N–H and O–H groups in total. The molecule has 1 heterocycles. The molecule has 1 aliphatic rings. The summed E-state index contributed by atoms with van der Waals surface area (Å²) in [5.41, 5.74) is 0.0790. The summed E-state index contributed by atoms with van der Waals surface area (Å²) >= 11 is -1.48. The van der Waals surface area contributed by atoms with Crippen molar-refractivity contribution >= 4 is 11.3 Å². The van der Waals surface area contributed by atoms with Crippen LogP contribution in [-0.4, -0.2) is 21.3 Å². The highest BCUT2D eigenvalue weighted by Crippen LogP contribution is 2.28. The van der Waals surface area contributed by atoms with Gasteiger partial charge in [-0.3, -0.25) is 0 Å². The normalized spacial score (nSPS) is 26.0. The van der Waals surface area contributed by atoms with Crippen LogP contribution in [0.4, 0.5) is 0 Å². The molecule has 1 atom stereocenters. The van der Waals surface area contributed by atoms with Crippen LogP contribution in [0.1, 0.15) is 40.5 Å². The van der Waals surface area contributed by atoms with Gasteiger partial charge in [0.1, 0.15) is 0 Å². The highest BCUT2D eigenvalue weighted by Gasteiger charge is 2.38. The van der Waals surface area contributed by atoms with Crippen molar-refractivity contribution < 1.29 is 8.39 Å². The number of hydrogen-bond acceptors (Lipinski definition) is 3. The Morgan fingerprint density at radius 1 is 1.38 bits per heavy atom. The minimum absolute atomic E-state index is 0.0395. The van der Waals surface area contributed by atoms with E-state index in [-0.39, 0.29) is 17.1 Å². The second-order valence-electron chi connectivity index (χ2n) is 5.61. The molecule has 0 saturated carbocycles. The summed E-state index contributed by atoms with van der Waals surface area (Å²) < 4.78 is 19.2. The first-order valence-corrected chi connectivity index (χ1v) is 6.57. The highest BCUT2D eigenvalue weighted by molar-refractivity contribution is 7.78. The molecular weight excluding hydrogens is 224 g/mol. The van der Waals surface area contributed by atoms with Gasteiger partial charge in [0.15, 0.2) is 0 Å². The topological polar surface area (TPSA) is 50.4 Å². The van der Waals surface area contributed by atoms with Crippen molar-refractivity contribution in [2.24, 2.45) is 0 Å². The molecule has 0 amide bonds. The molecule has 0 aromatic heterocycles. The van der Waals surface area contributed by atoms with Crippen LogP contribution in [0.2, 0.25) is 0 Å². The van der Waals surface area contributed by atoms with Crippen LogP contribution in [0.15, 0.2) is 12.8 Å². The molecule has 0 spiro atoms. The van der Waals surface area contributed by atoms with Crippen LogP contribution in [0.25, 0.3) is 0 Å². The minimum atomic E-state index is -1.48. The minimum Gasteiger partial charge on any atom is -0.398 e. The average molecular weight is 246 g/mol. The molecule has 0 aliphatic carbocycles. The zero-order chi connectivity index (χ0) is 12.4. The van der Waals surface area contributed by atoms with Gasteiger partial charge >= 0.3 is 0 Å². The molecule has 4 nitrogen and oxygen atoms in total. The van der Waals surface area contributed by atoms with E-state index in [1.54, 1.807) is 0 Å². The lowest BCUT2D eigenvalue weighted by Gasteiger charge is -2.46. The number of nitrogens with one attached hydrogen (secondary N) is 2. The zero-order valence-corrected chi connectivity index (χ0v) is 11.3. The smallest absolute Gasteiger partial charge is 0.287 e. The highest BCUT2D eigenvalue weighted by atomic mass is 32.2. The van der Waals surface area contributed by atoms with Gasteiger partial charge in [0.05, 0.1) is 6.26 Å². The number of rotatable bonds is 4. The van der Waals surface area contributed by atoms with E-state index < -0.39 is 11.3 Å². The molecule has 1 rings (SSSR count). The summed E-state index contributed by atoms with van der Waals surface area (Å²) in [5, 5.41) is 3.57. The lowest BCUT2D eigenvalue weighted by molar-refractivity contribution is 0.156. The third-order valence-electron chi connectivity index (χ3n) is 2.61. The monoisotopic (exact) mass is 246 g/mol. The van der Waals surface area contributed by atoms with Gasteiger partial charge in [-0.2, -0.15) is 4.21 Å². The van der Waals surface area contributed by atoms with Crippen molar-refractivity contribution in [1.82, 2.24) is 10.0 Å². The quantitative estimate of drug-likeness (QED) is 0.741. The van der Waals surface area contributed by atoms with Crippen molar-refractivity contribution in [2.75, 3.05) is 0 Å². The van der Waals surface area contributed by atoms with E-state index in [4.69, 9.17) is 4.18 Å². The lowest BCUT2D eigenvalue weighted by Crippen LogP contribution is -2.61.